The molecule has 0 radical (unpaired) electrons. The van der Waals surface area contributed by atoms with Gasteiger partial charge in [-0.15, -0.1) is 0 Å². The molecule has 4 nitrogen and oxygen atoms in total. The van der Waals surface area contributed by atoms with Crippen LogP contribution in [0.15, 0.2) is 97.1 Å². The summed E-state index contributed by atoms with van der Waals surface area (Å²) in [6, 6.07) is 25.6. The highest BCUT2D eigenvalue weighted by Crippen LogP contribution is 2.10. The fourth-order valence-electron chi connectivity index (χ4n) is 2.70. The molecule has 0 aliphatic rings. The van der Waals surface area contributed by atoms with Crippen LogP contribution in [0.5, 0.6) is 0 Å². The standard InChI is InChI=1S/C26H22O4/c27-25(23-14-3-1-4-15-23)29-18-8-12-21-10-7-11-22(20-21)13-9-19-30-26(28)24-16-5-2-6-17-24/h1-17,20H,18-19H2/b12-8+,13-9+. The first-order valence-corrected chi connectivity index (χ1v) is 9.60. The Labute approximate surface area is 176 Å². The van der Waals surface area contributed by atoms with Gasteiger partial charge in [-0.05, 0) is 53.6 Å². The lowest BCUT2D eigenvalue weighted by Crippen LogP contribution is -2.04. The Morgan fingerprint density at radius 1 is 0.600 bits per heavy atom. The molecule has 0 spiro atoms. The van der Waals surface area contributed by atoms with Gasteiger partial charge in [0.05, 0.1) is 11.1 Å². The van der Waals surface area contributed by atoms with Crippen LogP contribution in [0.3, 0.4) is 0 Å². The Morgan fingerprint density at radius 2 is 1.03 bits per heavy atom. The van der Waals surface area contributed by atoms with Crippen molar-refractivity contribution < 1.29 is 19.1 Å². The fourth-order valence-corrected chi connectivity index (χ4v) is 2.70. The van der Waals surface area contributed by atoms with Crippen LogP contribution >= 0.6 is 0 Å². The molecule has 3 aromatic carbocycles. The summed E-state index contributed by atoms with van der Waals surface area (Å²) in [5.41, 5.74) is 3.03. The quantitative estimate of drug-likeness (QED) is 0.475. The summed E-state index contributed by atoms with van der Waals surface area (Å²) in [6.45, 7) is 0.395. The molecular weight excluding hydrogens is 376 g/mol. The van der Waals surface area contributed by atoms with E-state index >= 15 is 0 Å². The van der Waals surface area contributed by atoms with Crippen LogP contribution in [-0.2, 0) is 9.47 Å². The van der Waals surface area contributed by atoms with Crippen molar-refractivity contribution >= 4 is 24.1 Å². The lowest BCUT2D eigenvalue weighted by atomic mass is 10.1. The summed E-state index contributed by atoms with van der Waals surface area (Å²) in [4.78, 5) is 23.8. The summed E-state index contributed by atoms with van der Waals surface area (Å²) in [5.74, 6) is -0.691. The first-order valence-electron chi connectivity index (χ1n) is 9.60. The van der Waals surface area contributed by atoms with Crippen molar-refractivity contribution in [1.29, 1.82) is 0 Å². The van der Waals surface area contributed by atoms with Gasteiger partial charge in [-0.2, -0.15) is 0 Å². The average molecular weight is 398 g/mol. The Kier molecular flexibility index (Phi) is 7.75. The number of hydrogen-bond acceptors (Lipinski definition) is 4. The van der Waals surface area contributed by atoms with E-state index < -0.39 is 0 Å². The van der Waals surface area contributed by atoms with Gasteiger partial charge >= 0.3 is 11.9 Å². The first-order chi connectivity index (χ1) is 14.7. The van der Waals surface area contributed by atoms with E-state index in [1.807, 2.05) is 48.6 Å². The number of rotatable bonds is 8. The molecule has 4 heteroatoms. The lowest BCUT2D eigenvalue weighted by Gasteiger charge is -2.02. The van der Waals surface area contributed by atoms with Crippen LogP contribution in [0.2, 0.25) is 0 Å². The van der Waals surface area contributed by atoms with Gasteiger partial charge < -0.3 is 9.47 Å². The second-order valence-electron chi connectivity index (χ2n) is 6.40. The summed E-state index contributed by atoms with van der Waals surface area (Å²) in [5, 5.41) is 0. The van der Waals surface area contributed by atoms with Gasteiger partial charge in [-0.3, -0.25) is 0 Å². The zero-order valence-electron chi connectivity index (χ0n) is 16.4. The topological polar surface area (TPSA) is 52.6 Å². The number of esters is 2. The second kappa shape index (κ2) is 11.2. The molecule has 0 aliphatic carbocycles. The molecule has 30 heavy (non-hydrogen) atoms. The molecule has 3 rings (SSSR count). The molecule has 0 N–H and O–H groups in total. The number of hydrogen-bond donors (Lipinski definition) is 0. The largest absolute Gasteiger partial charge is 0.458 e. The monoisotopic (exact) mass is 398 g/mol. The van der Waals surface area contributed by atoms with Gasteiger partial charge in [0.15, 0.2) is 0 Å². The third kappa shape index (κ3) is 6.60. The van der Waals surface area contributed by atoms with Crippen molar-refractivity contribution in [2.45, 2.75) is 0 Å². The average Bonchev–Trinajstić information content (AvgIpc) is 2.81. The summed E-state index contributed by atoms with van der Waals surface area (Å²) >= 11 is 0. The molecule has 0 amide bonds. The highest BCUT2D eigenvalue weighted by Gasteiger charge is 2.04. The van der Waals surface area contributed by atoms with E-state index in [4.69, 9.17) is 9.47 Å². The number of carbonyl (C=O) groups excluding carboxylic acids is 2. The van der Waals surface area contributed by atoms with Gasteiger partial charge in [0.1, 0.15) is 13.2 Å². The highest BCUT2D eigenvalue weighted by molar-refractivity contribution is 5.89. The van der Waals surface area contributed by atoms with Crippen molar-refractivity contribution in [3.63, 3.8) is 0 Å². The van der Waals surface area contributed by atoms with Crippen LogP contribution in [0.25, 0.3) is 12.2 Å². The SMILES string of the molecule is O=C(OC/C=C/c1cccc(/C=C/COC(=O)c2ccccc2)c1)c1ccccc1. The Morgan fingerprint density at radius 3 is 1.47 bits per heavy atom. The molecule has 0 aromatic heterocycles. The Bertz CT molecular complexity index is 940. The van der Waals surface area contributed by atoms with Gasteiger partial charge in [0, 0.05) is 0 Å². The van der Waals surface area contributed by atoms with E-state index in [2.05, 4.69) is 0 Å². The van der Waals surface area contributed by atoms with Crippen LogP contribution in [0.1, 0.15) is 31.8 Å². The van der Waals surface area contributed by atoms with Crippen molar-refractivity contribution in [3.8, 4) is 0 Å². The van der Waals surface area contributed by atoms with Crippen LogP contribution < -0.4 is 0 Å². The zero-order valence-corrected chi connectivity index (χ0v) is 16.4. The maximum atomic E-state index is 11.9. The smallest absolute Gasteiger partial charge is 0.338 e. The van der Waals surface area contributed by atoms with Gasteiger partial charge in [0.2, 0.25) is 0 Å². The minimum atomic E-state index is -0.345. The molecule has 0 saturated carbocycles. The fraction of sp³-hybridized carbons (Fsp3) is 0.0769. The number of carbonyl (C=O) groups is 2. The molecule has 3 aromatic rings. The van der Waals surface area contributed by atoms with Gasteiger partial charge in [0.25, 0.3) is 0 Å². The van der Waals surface area contributed by atoms with Crippen molar-refractivity contribution in [1.82, 2.24) is 0 Å². The van der Waals surface area contributed by atoms with E-state index in [0.717, 1.165) is 11.1 Å². The summed E-state index contributed by atoms with van der Waals surface area (Å²) < 4.78 is 10.5. The molecule has 0 bridgehead atoms. The van der Waals surface area contributed by atoms with Crippen molar-refractivity contribution in [2.75, 3.05) is 13.2 Å². The third-order valence-electron chi connectivity index (χ3n) is 4.17. The van der Waals surface area contributed by atoms with Gasteiger partial charge in [-0.25, -0.2) is 9.59 Å². The van der Waals surface area contributed by atoms with E-state index in [9.17, 15) is 9.59 Å². The van der Waals surface area contributed by atoms with Crippen molar-refractivity contribution in [3.05, 3.63) is 119 Å². The third-order valence-corrected chi connectivity index (χ3v) is 4.17. The molecule has 0 unspecified atom stereocenters. The Hall–Kier alpha value is -3.92. The summed E-state index contributed by atoms with van der Waals surface area (Å²) in [7, 11) is 0. The zero-order chi connectivity index (χ0) is 21.0. The van der Waals surface area contributed by atoms with Crippen LogP contribution in [0, 0.1) is 0 Å². The molecule has 150 valence electrons. The van der Waals surface area contributed by atoms with Crippen LogP contribution in [-0.4, -0.2) is 25.2 Å². The second-order valence-corrected chi connectivity index (χ2v) is 6.40. The highest BCUT2D eigenvalue weighted by atomic mass is 16.5. The van der Waals surface area contributed by atoms with E-state index in [1.165, 1.54) is 0 Å². The van der Waals surface area contributed by atoms with E-state index in [0.29, 0.717) is 11.1 Å². The minimum Gasteiger partial charge on any atom is -0.458 e. The summed E-state index contributed by atoms with van der Waals surface area (Å²) in [6.07, 6.45) is 7.38. The molecule has 0 atom stereocenters. The maximum Gasteiger partial charge on any atom is 0.338 e. The lowest BCUT2D eigenvalue weighted by molar-refractivity contribution is 0.0541. The Balaban J connectivity index is 1.46. The van der Waals surface area contributed by atoms with E-state index in [-0.39, 0.29) is 25.2 Å². The molecule has 0 fully saturated rings. The van der Waals surface area contributed by atoms with E-state index in [1.54, 1.807) is 60.7 Å². The van der Waals surface area contributed by atoms with Crippen LogP contribution in [0.4, 0.5) is 0 Å². The predicted octanol–water partition coefficient (Wildman–Crippen LogP) is 5.43. The predicted molar refractivity (Wildman–Crippen MR) is 118 cm³/mol. The normalized spacial score (nSPS) is 10.9. The molecule has 0 heterocycles. The van der Waals surface area contributed by atoms with Gasteiger partial charge in [-0.1, -0.05) is 66.7 Å². The molecule has 0 saturated heterocycles. The molecule has 0 aliphatic heterocycles. The number of ether oxygens (including phenoxy) is 2. The maximum absolute atomic E-state index is 11.9. The minimum absolute atomic E-state index is 0.198. The number of benzene rings is 3. The molecular formula is C26H22O4. The first kappa shape index (κ1) is 20.8. The van der Waals surface area contributed by atoms with Crippen molar-refractivity contribution in [2.24, 2.45) is 0 Å².